The Morgan fingerprint density at radius 2 is 1.65 bits per heavy atom. The maximum atomic E-state index is 10.4. The summed E-state index contributed by atoms with van der Waals surface area (Å²) in [5.74, 6) is -1.06. The van der Waals surface area contributed by atoms with Crippen molar-refractivity contribution < 1.29 is 20.3 Å². The van der Waals surface area contributed by atoms with Crippen LogP contribution < -0.4 is 10.4 Å². The predicted octanol–water partition coefficient (Wildman–Crippen LogP) is -0.141. The van der Waals surface area contributed by atoms with Gasteiger partial charge in [-0.2, -0.15) is 0 Å². The first kappa shape index (κ1) is 15.5. The van der Waals surface area contributed by atoms with Crippen molar-refractivity contribution >= 4 is 27.8 Å². The number of nitrogens with zero attached hydrogens (tertiary/aromatic N) is 1. The molecule has 3 rings (SSSR count). The maximum absolute atomic E-state index is 10.4. The number of fused-ring (bicyclic) bond motifs is 3. The summed E-state index contributed by atoms with van der Waals surface area (Å²) in [6.45, 7) is 1.37. The molecule has 0 radical (unpaired) electrons. The lowest BCUT2D eigenvalue weighted by Crippen LogP contribution is -2.87. The Kier molecular flexibility index (Phi) is 4.60. The van der Waals surface area contributed by atoms with Crippen LogP contribution in [-0.2, 0) is 11.3 Å². The van der Waals surface area contributed by atoms with Gasteiger partial charge >= 0.3 is 0 Å². The van der Waals surface area contributed by atoms with Crippen LogP contribution in [0.3, 0.4) is 0 Å². The highest BCUT2D eigenvalue weighted by Crippen LogP contribution is 2.28. The molecular formula is C18H20N2O3. The van der Waals surface area contributed by atoms with E-state index in [1.54, 1.807) is 0 Å². The highest BCUT2D eigenvalue weighted by molar-refractivity contribution is 6.07. The number of carbonyl (C=O) groups excluding carboxylic acids is 1. The number of hydrogen-bond donors (Lipinski definition) is 2. The molecule has 2 aromatic carbocycles. The van der Waals surface area contributed by atoms with E-state index < -0.39 is 12.1 Å². The molecule has 0 saturated carbocycles. The second-order valence-corrected chi connectivity index (χ2v) is 5.73. The van der Waals surface area contributed by atoms with Crippen LogP contribution in [0.1, 0.15) is 6.42 Å². The van der Waals surface area contributed by atoms with E-state index in [-0.39, 0.29) is 6.42 Å². The number of quaternary nitrogens is 1. The lowest BCUT2D eigenvalue weighted by molar-refractivity contribution is -0.660. The summed E-state index contributed by atoms with van der Waals surface area (Å²) < 4.78 is 2.13. The van der Waals surface area contributed by atoms with Gasteiger partial charge in [-0.1, -0.05) is 36.4 Å². The van der Waals surface area contributed by atoms with Crippen molar-refractivity contribution in [2.75, 3.05) is 13.1 Å². The number of aliphatic hydroxyl groups is 1. The van der Waals surface area contributed by atoms with Gasteiger partial charge in [0, 0.05) is 34.2 Å². The zero-order chi connectivity index (χ0) is 16.2. The number of carbonyl (C=O) groups is 1. The molecule has 5 nitrogen and oxygen atoms in total. The standard InChI is InChI=1S/C18H20N2O3/c21-13(11-19-10-9-18(22)23)12-20-16-7-3-1-5-14(16)15-6-2-4-8-17(15)20/h1-8,13,19,21H,9-12H2,(H,22,23)/t13-/m0/s1. The monoisotopic (exact) mass is 312 g/mol. The lowest BCUT2D eigenvalue weighted by Gasteiger charge is -2.13. The molecule has 0 bridgehead atoms. The van der Waals surface area contributed by atoms with Gasteiger partial charge in [-0.15, -0.1) is 0 Å². The van der Waals surface area contributed by atoms with Gasteiger partial charge in [0.2, 0.25) is 0 Å². The summed E-state index contributed by atoms with van der Waals surface area (Å²) in [5.41, 5.74) is 2.20. The average molecular weight is 312 g/mol. The normalized spacial score (nSPS) is 12.7. The molecule has 1 aromatic heterocycles. The number of nitrogens with two attached hydrogens (primary N) is 1. The van der Waals surface area contributed by atoms with Crippen LogP contribution in [0.25, 0.3) is 21.8 Å². The Hall–Kier alpha value is -2.37. The van der Waals surface area contributed by atoms with Crippen molar-refractivity contribution in [2.45, 2.75) is 19.1 Å². The fourth-order valence-corrected chi connectivity index (χ4v) is 3.02. The zero-order valence-corrected chi connectivity index (χ0v) is 12.8. The molecule has 23 heavy (non-hydrogen) atoms. The quantitative estimate of drug-likeness (QED) is 0.596. The first-order valence-electron chi connectivity index (χ1n) is 7.82. The molecule has 0 aliphatic rings. The fraction of sp³-hybridized carbons (Fsp3) is 0.278. The third-order valence-corrected chi connectivity index (χ3v) is 4.06. The number of hydrogen-bond acceptors (Lipinski definition) is 3. The Bertz CT molecular complexity index is 772. The van der Waals surface area contributed by atoms with Crippen molar-refractivity contribution in [3.63, 3.8) is 0 Å². The molecule has 5 heteroatoms. The van der Waals surface area contributed by atoms with E-state index >= 15 is 0 Å². The molecule has 0 saturated heterocycles. The summed E-state index contributed by atoms with van der Waals surface area (Å²) in [6, 6.07) is 16.3. The van der Waals surface area contributed by atoms with Crippen LogP contribution in [0.5, 0.6) is 0 Å². The average Bonchev–Trinajstić information content (AvgIpc) is 2.86. The summed E-state index contributed by atoms with van der Waals surface area (Å²) in [7, 11) is 0. The van der Waals surface area contributed by atoms with Crippen LogP contribution in [0.15, 0.2) is 48.5 Å². The summed E-state index contributed by atoms with van der Waals surface area (Å²) in [4.78, 5) is 10.4. The minimum absolute atomic E-state index is 0.00208. The predicted molar refractivity (Wildman–Crippen MR) is 86.7 cm³/mol. The maximum Gasteiger partial charge on any atom is 0.121 e. The molecule has 1 heterocycles. The smallest absolute Gasteiger partial charge is 0.121 e. The topological polar surface area (TPSA) is 81.9 Å². The van der Waals surface area contributed by atoms with E-state index in [0.717, 1.165) is 11.0 Å². The van der Waals surface area contributed by atoms with Crippen LogP contribution in [-0.4, -0.2) is 34.8 Å². The van der Waals surface area contributed by atoms with E-state index in [0.29, 0.717) is 19.6 Å². The molecule has 0 spiro atoms. The van der Waals surface area contributed by atoms with Gasteiger partial charge < -0.3 is 24.9 Å². The number of para-hydroxylation sites is 2. The largest absolute Gasteiger partial charge is 0.550 e. The van der Waals surface area contributed by atoms with E-state index in [4.69, 9.17) is 0 Å². The molecule has 0 amide bonds. The van der Waals surface area contributed by atoms with Crippen molar-refractivity contribution in [3.8, 4) is 0 Å². The summed E-state index contributed by atoms with van der Waals surface area (Å²) in [5, 5.41) is 24.9. The fourth-order valence-electron chi connectivity index (χ4n) is 3.02. The number of carboxylic acids is 1. The van der Waals surface area contributed by atoms with Gasteiger partial charge in [0.25, 0.3) is 0 Å². The number of aromatic nitrogens is 1. The number of aliphatic carboxylic acids is 1. The number of aliphatic hydroxyl groups excluding tert-OH is 1. The molecule has 3 aromatic rings. The Labute approximate surface area is 134 Å². The van der Waals surface area contributed by atoms with E-state index in [9.17, 15) is 15.0 Å². The van der Waals surface area contributed by atoms with Gasteiger partial charge in [0.15, 0.2) is 0 Å². The summed E-state index contributed by atoms with van der Waals surface area (Å²) >= 11 is 0. The van der Waals surface area contributed by atoms with Crippen molar-refractivity contribution in [1.82, 2.24) is 4.57 Å². The van der Waals surface area contributed by atoms with Gasteiger partial charge in [-0.3, -0.25) is 0 Å². The minimum Gasteiger partial charge on any atom is -0.550 e. The van der Waals surface area contributed by atoms with Gasteiger partial charge in [0.1, 0.15) is 12.6 Å². The minimum atomic E-state index is -1.06. The molecule has 0 aliphatic heterocycles. The van der Waals surface area contributed by atoms with Crippen molar-refractivity contribution in [2.24, 2.45) is 0 Å². The zero-order valence-electron chi connectivity index (χ0n) is 12.8. The van der Waals surface area contributed by atoms with Crippen LogP contribution in [0.2, 0.25) is 0 Å². The highest BCUT2D eigenvalue weighted by atomic mass is 16.4. The first-order valence-corrected chi connectivity index (χ1v) is 7.82. The van der Waals surface area contributed by atoms with E-state index in [1.165, 1.54) is 10.8 Å². The molecular weight excluding hydrogens is 292 g/mol. The first-order chi connectivity index (χ1) is 11.2. The Morgan fingerprint density at radius 3 is 2.22 bits per heavy atom. The second-order valence-electron chi connectivity index (χ2n) is 5.73. The molecule has 3 N–H and O–H groups in total. The van der Waals surface area contributed by atoms with Gasteiger partial charge in [0.05, 0.1) is 13.1 Å². The number of benzene rings is 2. The van der Waals surface area contributed by atoms with Crippen molar-refractivity contribution in [3.05, 3.63) is 48.5 Å². The molecule has 0 unspecified atom stereocenters. The number of rotatable bonds is 7. The van der Waals surface area contributed by atoms with Crippen LogP contribution in [0.4, 0.5) is 0 Å². The summed E-state index contributed by atoms with van der Waals surface area (Å²) in [6.07, 6.45) is -0.543. The lowest BCUT2D eigenvalue weighted by atomic mass is 10.2. The second kappa shape index (κ2) is 6.81. The number of carboxylic acid groups (broad SMARTS) is 1. The van der Waals surface area contributed by atoms with E-state index in [1.807, 2.05) is 29.6 Å². The van der Waals surface area contributed by atoms with Gasteiger partial charge in [-0.25, -0.2) is 0 Å². The van der Waals surface area contributed by atoms with Crippen LogP contribution in [0, 0.1) is 0 Å². The molecule has 0 aliphatic carbocycles. The SMILES string of the molecule is O=C([O-])CC[NH2+]C[C@H](O)Cn1c2ccccc2c2ccccc21. The molecule has 0 fully saturated rings. The molecule has 120 valence electrons. The molecule has 1 atom stereocenters. The van der Waals surface area contributed by atoms with Crippen molar-refractivity contribution in [1.29, 1.82) is 0 Å². The third kappa shape index (κ3) is 3.36. The Balaban J connectivity index is 1.80. The van der Waals surface area contributed by atoms with E-state index in [2.05, 4.69) is 28.8 Å². The third-order valence-electron chi connectivity index (χ3n) is 4.06. The Morgan fingerprint density at radius 1 is 1.09 bits per heavy atom. The van der Waals surface area contributed by atoms with Crippen LogP contribution >= 0.6 is 0 Å². The van der Waals surface area contributed by atoms with Gasteiger partial charge in [-0.05, 0) is 12.1 Å². The highest BCUT2D eigenvalue weighted by Gasteiger charge is 2.14.